The molecule has 7 nitrogen and oxygen atoms in total. The van der Waals surface area contributed by atoms with E-state index in [1.807, 2.05) is 0 Å². The number of pyridine rings is 1. The van der Waals surface area contributed by atoms with Crippen LogP contribution in [0.3, 0.4) is 0 Å². The summed E-state index contributed by atoms with van der Waals surface area (Å²) in [6, 6.07) is 9.12. The van der Waals surface area contributed by atoms with Crippen LogP contribution >= 0.6 is 0 Å². The van der Waals surface area contributed by atoms with Crippen molar-refractivity contribution in [1.29, 1.82) is 0 Å². The molecule has 1 unspecified atom stereocenters. The van der Waals surface area contributed by atoms with Crippen LogP contribution in [-0.4, -0.2) is 45.0 Å². The van der Waals surface area contributed by atoms with Crippen LogP contribution in [0.5, 0.6) is 0 Å². The predicted octanol–water partition coefficient (Wildman–Crippen LogP) is 2.23. The molecular formula is C19H19FN4O3S. The molecule has 0 aliphatic heterocycles. The molecule has 2 heterocycles. The number of aromatic nitrogens is 3. The van der Waals surface area contributed by atoms with E-state index in [0.29, 0.717) is 40.8 Å². The number of nitrogens with two attached hydrogens (primary N) is 1. The minimum Gasteiger partial charge on any atom is -0.609 e. The number of rotatable bonds is 7. The molecule has 0 aliphatic carbocycles. The summed E-state index contributed by atoms with van der Waals surface area (Å²) in [5.41, 5.74) is 7.88. The third-order valence-electron chi connectivity index (χ3n) is 4.11. The van der Waals surface area contributed by atoms with E-state index in [9.17, 15) is 13.7 Å². The molecule has 0 fully saturated rings. The summed E-state index contributed by atoms with van der Waals surface area (Å²) in [7, 11) is 1.57. The molecule has 3 aromatic rings. The number of hydrogen-bond donors (Lipinski definition) is 1. The second-order valence-electron chi connectivity index (χ2n) is 5.99. The normalized spacial score (nSPS) is 12.1. The van der Waals surface area contributed by atoms with Gasteiger partial charge in [-0.15, -0.1) is 0 Å². The van der Waals surface area contributed by atoms with E-state index < -0.39 is 17.1 Å². The van der Waals surface area contributed by atoms with Gasteiger partial charge >= 0.3 is 5.16 Å². The first-order valence-corrected chi connectivity index (χ1v) is 9.93. The van der Waals surface area contributed by atoms with E-state index in [4.69, 9.17) is 10.5 Å². The van der Waals surface area contributed by atoms with Crippen molar-refractivity contribution in [2.24, 2.45) is 5.73 Å². The Balaban J connectivity index is 2.28. The summed E-state index contributed by atoms with van der Waals surface area (Å²) in [4.78, 5) is 20.1. The maximum atomic E-state index is 13.4. The molecule has 9 heteroatoms. The van der Waals surface area contributed by atoms with Crippen LogP contribution in [0.4, 0.5) is 4.39 Å². The summed E-state index contributed by atoms with van der Waals surface area (Å²) in [6.07, 6.45) is 3.01. The lowest BCUT2D eigenvalue weighted by atomic mass is 10.0. The highest BCUT2D eigenvalue weighted by Crippen LogP contribution is 2.34. The van der Waals surface area contributed by atoms with E-state index in [-0.39, 0.29) is 11.5 Å². The van der Waals surface area contributed by atoms with Crippen LogP contribution in [0.15, 0.2) is 47.8 Å². The van der Waals surface area contributed by atoms with Crippen molar-refractivity contribution in [2.45, 2.75) is 11.7 Å². The molecule has 28 heavy (non-hydrogen) atoms. The Morgan fingerprint density at radius 1 is 1.29 bits per heavy atom. The minimum absolute atomic E-state index is 0.0984. The number of carbonyl (C=O) groups is 1. The fraction of sp³-hybridized carbons (Fsp3) is 0.211. The van der Waals surface area contributed by atoms with Crippen molar-refractivity contribution in [3.63, 3.8) is 0 Å². The zero-order valence-electron chi connectivity index (χ0n) is 15.4. The number of hydrogen-bond acceptors (Lipinski definition) is 5. The highest BCUT2D eigenvalue weighted by atomic mass is 32.2. The van der Waals surface area contributed by atoms with Gasteiger partial charge in [0.15, 0.2) is 0 Å². The predicted molar refractivity (Wildman–Crippen MR) is 104 cm³/mol. The van der Waals surface area contributed by atoms with Gasteiger partial charge in [-0.1, -0.05) is 0 Å². The number of ether oxygens (including phenoxy) is 1. The maximum absolute atomic E-state index is 13.4. The van der Waals surface area contributed by atoms with E-state index >= 15 is 0 Å². The van der Waals surface area contributed by atoms with Crippen molar-refractivity contribution in [2.75, 3.05) is 20.0 Å². The number of carbonyl (C=O) groups excluding carboxylic acids is 1. The van der Waals surface area contributed by atoms with Gasteiger partial charge < -0.3 is 15.0 Å². The van der Waals surface area contributed by atoms with Gasteiger partial charge in [0.1, 0.15) is 23.5 Å². The summed E-state index contributed by atoms with van der Waals surface area (Å²) < 4.78 is 32.7. The molecule has 2 aromatic heterocycles. The quantitative estimate of drug-likeness (QED) is 0.610. The van der Waals surface area contributed by atoms with Gasteiger partial charge in [-0.3, -0.25) is 14.3 Å². The van der Waals surface area contributed by atoms with Crippen LogP contribution in [0, 0.1) is 5.82 Å². The zero-order valence-corrected chi connectivity index (χ0v) is 16.2. The Hall–Kier alpha value is -2.75. The van der Waals surface area contributed by atoms with Crippen molar-refractivity contribution in [3.8, 4) is 22.5 Å². The average Bonchev–Trinajstić information content (AvgIpc) is 3.06. The van der Waals surface area contributed by atoms with Crippen molar-refractivity contribution in [3.05, 3.63) is 54.1 Å². The Labute approximate surface area is 164 Å². The molecule has 1 amide bonds. The lowest BCUT2D eigenvalue weighted by molar-refractivity contribution is 0.0995. The highest BCUT2D eigenvalue weighted by molar-refractivity contribution is 7.90. The lowest BCUT2D eigenvalue weighted by Gasteiger charge is -2.12. The molecule has 0 aliphatic rings. The van der Waals surface area contributed by atoms with Gasteiger partial charge in [-0.2, -0.15) is 4.98 Å². The minimum atomic E-state index is -1.38. The maximum Gasteiger partial charge on any atom is 0.324 e. The second kappa shape index (κ2) is 8.51. The van der Waals surface area contributed by atoms with Gasteiger partial charge in [-0.25, -0.2) is 4.39 Å². The second-order valence-corrected chi connectivity index (χ2v) is 7.26. The average molecular weight is 402 g/mol. The zero-order chi connectivity index (χ0) is 20.3. The first kappa shape index (κ1) is 20.0. The largest absolute Gasteiger partial charge is 0.609 e. The molecular weight excluding hydrogens is 383 g/mol. The summed E-state index contributed by atoms with van der Waals surface area (Å²) in [5.74, 6) is -1.03. The molecule has 0 radical (unpaired) electrons. The number of methoxy groups -OCH3 is 1. The molecule has 146 valence electrons. The van der Waals surface area contributed by atoms with Gasteiger partial charge in [0.05, 0.1) is 18.8 Å². The summed E-state index contributed by atoms with van der Waals surface area (Å²) >= 11 is -1.38. The summed E-state index contributed by atoms with van der Waals surface area (Å²) in [5, 5.41) is 0.351. The molecule has 0 saturated carbocycles. The molecule has 0 spiro atoms. The SMILES string of the molecule is COCCn1c([S+](C)[O-])nc(-c2ccc(F)cc2)c1-c1ccnc(C(N)=O)c1. The topological polar surface area (TPSA) is 106 Å². The van der Waals surface area contributed by atoms with Crippen molar-refractivity contribution >= 4 is 17.1 Å². The third kappa shape index (κ3) is 4.06. The number of halogens is 1. The number of amides is 1. The first-order valence-electron chi connectivity index (χ1n) is 8.37. The molecule has 1 atom stereocenters. The molecule has 0 bridgehead atoms. The fourth-order valence-corrected chi connectivity index (χ4v) is 3.57. The van der Waals surface area contributed by atoms with Crippen LogP contribution < -0.4 is 5.73 Å². The van der Waals surface area contributed by atoms with Crippen LogP contribution in [0.2, 0.25) is 0 Å². The smallest absolute Gasteiger partial charge is 0.324 e. The Kier molecular flexibility index (Phi) is 6.08. The van der Waals surface area contributed by atoms with Gasteiger partial charge in [-0.05, 0) is 36.4 Å². The number of primary amides is 1. The standard InChI is InChI=1S/C19H19FN4O3S/c1-27-10-9-24-17(13-7-8-22-15(11-13)18(21)25)16(23-19(24)28(2)26)12-3-5-14(20)6-4-12/h3-8,11H,9-10H2,1-2H3,(H2,21,25). The fourth-order valence-electron chi connectivity index (χ4n) is 2.86. The van der Waals surface area contributed by atoms with E-state index in [1.54, 1.807) is 35.9 Å². The Morgan fingerprint density at radius 2 is 2.00 bits per heavy atom. The third-order valence-corrected chi connectivity index (χ3v) is 4.94. The molecule has 3 rings (SSSR count). The van der Waals surface area contributed by atoms with Crippen LogP contribution in [0.1, 0.15) is 10.5 Å². The lowest BCUT2D eigenvalue weighted by Crippen LogP contribution is -2.15. The van der Waals surface area contributed by atoms with E-state index in [1.165, 1.54) is 24.6 Å². The number of imidazole rings is 1. The summed E-state index contributed by atoms with van der Waals surface area (Å²) in [6.45, 7) is 0.757. The van der Waals surface area contributed by atoms with Crippen molar-refractivity contribution < 1.29 is 18.5 Å². The van der Waals surface area contributed by atoms with Crippen molar-refractivity contribution in [1.82, 2.24) is 14.5 Å². The van der Waals surface area contributed by atoms with E-state index in [2.05, 4.69) is 9.97 Å². The van der Waals surface area contributed by atoms with Crippen LogP contribution in [-0.2, 0) is 22.5 Å². The molecule has 1 aromatic carbocycles. The molecule has 0 saturated heterocycles. The Morgan fingerprint density at radius 3 is 2.61 bits per heavy atom. The monoisotopic (exact) mass is 402 g/mol. The van der Waals surface area contributed by atoms with Gasteiger partial charge in [0.2, 0.25) is 0 Å². The number of nitrogens with zero attached hydrogens (tertiary/aromatic N) is 3. The Bertz CT molecular complexity index is 989. The van der Waals surface area contributed by atoms with Gasteiger partial charge in [0.25, 0.3) is 5.91 Å². The number of benzene rings is 1. The van der Waals surface area contributed by atoms with Gasteiger partial charge in [0, 0.05) is 35.6 Å². The highest BCUT2D eigenvalue weighted by Gasteiger charge is 2.25. The van der Waals surface area contributed by atoms with E-state index in [0.717, 1.165) is 0 Å². The van der Waals surface area contributed by atoms with Crippen LogP contribution in [0.25, 0.3) is 22.5 Å². The molecule has 2 N–H and O–H groups in total. The first-order chi connectivity index (χ1) is 13.4.